The summed E-state index contributed by atoms with van der Waals surface area (Å²) >= 11 is 0. The van der Waals surface area contributed by atoms with Gasteiger partial charge in [0.15, 0.2) is 0 Å². The molecule has 0 aliphatic rings. The number of aliphatic hydroxyl groups is 1. The Bertz CT molecular complexity index is 656. The van der Waals surface area contributed by atoms with Gasteiger partial charge in [-0.25, -0.2) is 4.79 Å². The molecule has 0 saturated heterocycles. The van der Waals surface area contributed by atoms with Crippen LogP contribution in [0.15, 0.2) is 18.3 Å². The van der Waals surface area contributed by atoms with E-state index in [9.17, 15) is 9.90 Å². The second-order valence-corrected chi connectivity index (χ2v) is 5.68. The van der Waals surface area contributed by atoms with Crippen LogP contribution in [0.5, 0.6) is 0 Å². The number of fused-ring (bicyclic) bond motifs is 1. The molecule has 2 N–H and O–H groups in total. The van der Waals surface area contributed by atoms with Crippen LogP contribution in [-0.4, -0.2) is 27.4 Å². The minimum atomic E-state index is -0.885. The van der Waals surface area contributed by atoms with Crippen LogP contribution in [0.2, 0.25) is 0 Å². The second-order valence-electron chi connectivity index (χ2n) is 5.68. The molecule has 0 fully saturated rings. The number of nitrogens with zero attached hydrogens (tertiary/aromatic N) is 1. The molecule has 0 unspecified atom stereocenters. The highest BCUT2D eigenvalue weighted by Gasteiger charge is 2.18. The van der Waals surface area contributed by atoms with Crippen LogP contribution in [0.25, 0.3) is 10.9 Å². The number of aromatic carboxylic acids is 1. The SMILES string of the molecule is CCc1cc(C(=O)O)c2c(c1)c(CCCO)cn2C(C)C. The summed E-state index contributed by atoms with van der Waals surface area (Å²) in [6, 6.07) is 4.06. The van der Waals surface area contributed by atoms with Crippen molar-refractivity contribution < 1.29 is 15.0 Å². The third kappa shape index (κ3) is 2.95. The van der Waals surface area contributed by atoms with Gasteiger partial charge in [0.25, 0.3) is 0 Å². The molecule has 1 aromatic heterocycles. The van der Waals surface area contributed by atoms with Crippen LogP contribution in [0.3, 0.4) is 0 Å². The summed E-state index contributed by atoms with van der Waals surface area (Å²) in [5, 5.41) is 19.6. The lowest BCUT2D eigenvalue weighted by Gasteiger charge is -2.12. The Kier molecular flexibility index (Phi) is 4.68. The number of rotatable bonds is 6. The minimum Gasteiger partial charge on any atom is -0.478 e. The lowest BCUT2D eigenvalue weighted by atomic mass is 10.0. The number of hydrogen-bond acceptors (Lipinski definition) is 2. The Morgan fingerprint density at radius 3 is 2.57 bits per heavy atom. The fourth-order valence-corrected chi connectivity index (χ4v) is 2.76. The van der Waals surface area contributed by atoms with Crippen molar-refractivity contribution in [3.63, 3.8) is 0 Å². The van der Waals surface area contributed by atoms with Crippen LogP contribution in [-0.2, 0) is 12.8 Å². The van der Waals surface area contributed by atoms with Gasteiger partial charge in [0.1, 0.15) is 0 Å². The van der Waals surface area contributed by atoms with Crippen LogP contribution < -0.4 is 0 Å². The third-order valence-electron chi connectivity index (χ3n) is 3.87. The highest BCUT2D eigenvalue weighted by atomic mass is 16.4. The van der Waals surface area contributed by atoms with Crippen molar-refractivity contribution in [3.8, 4) is 0 Å². The first-order valence-electron chi connectivity index (χ1n) is 7.50. The first kappa shape index (κ1) is 15.6. The monoisotopic (exact) mass is 289 g/mol. The molecule has 0 aliphatic heterocycles. The molecule has 0 aliphatic carbocycles. The molecule has 4 heteroatoms. The molecule has 2 rings (SSSR count). The molecular weight excluding hydrogens is 266 g/mol. The average Bonchev–Trinajstić information content (AvgIpc) is 2.82. The van der Waals surface area contributed by atoms with Gasteiger partial charge in [-0.2, -0.15) is 0 Å². The lowest BCUT2D eigenvalue weighted by molar-refractivity contribution is 0.0698. The van der Waals surface area contributed by atoms with E-state index in [0.717, 1.165) is 34.9 Å². The van der Waals surface area contributed by atoms with Crippen molar-refractivity contribution in [3.05, 3.63) is 35.0 Å². The zero-order valence-electron chi connectivity index (χ0n) is 12.9. The number of carbonyl (C=O) groups is 1. The fraction of sp³-hybridized carbons (Fsp3) is 0.471. The van der Waals surface area contributed by atoms with Crippen LogP contribution in [0.1, 0.15) is 54.7 Å². The van der Waals surface area contributed by atoms with E-state index < -0.39 is 5.97 Å². The Hall–Kier alpha value is -1.81. The maximum atomic E-state index is 11.6. The van der Waals surface area contributed by atoms with Crippen molar-refractivity contribution in [1.82, 2.24) is 4.57 Å². The summed E-state index contributed by atoms with van der Waals surface area (Å²) in [5.74, 6) is -0.885. The molecule has 0 saturated carbocycles. The van der Waals surface area contributed by atoms with E-state index >= 15 is 0 Å². The van der Waals surface area contributed by atoms with Gasteiger partial charge in [-0.15, -0.1) is 0 Å². The van der Waals surface area contributed by atoms with Gasteiger partial charge in [-0.05, 0) is 56.4 Å². The van der Waals surface area contributed by atoms with Crippen LogP contribution in [0, 0.1) is 0 Å². The molecule has 1 aromatic carbocycles. The number of carboxylic acid groups (broad SMARTS) is 1. The Morgan fingerprint density at radius 1 is 1.33 bits per heavy atom. The Labute approximate surface area is 125 Å². The molecular formula is C17H23NO3. The third-order valence-corrected chi connectivity index (χ3v) is 3.87. The molecule has 0 atom stereocenters. The van der Waals surface area contributed by atoms with Gasteiger partial charge in [0.05, 0.1) is 11.1 Å². The van der Waals surface area contributed by atoms with Crippen molar-refractivity contribution in [2.75, 3.05) is 6.61 Å². The standard InChI is InChI=1S/C17H23NO3/c1-4-12-8-14-13(6-5-7-19)10-18(11(2)3)16(14)15(9-12)17(20)21/h8-11,19H,4-7H2,1-3H3,(H,20,21). The summed E-state index contributed by atoms with van der Waals surface area (Å²) in [4.78, 5) is 11.6. The van der Waals surface area contributed by atoms with E-state index in [2.05, 4.69) is 19.9 Å². The maximum Gasteiger partial charge on any atom is 0.337 e. The zero-order chi connectivity index (χ0) is 15.6. The summed E-state index contributed by atoms with van der Waals surface area (Å²) < 4.78 is 2.03. The number of benzene rings is 1. The van der Waals surface area contributed by atoms with Gasteiger partial charge in [-0.1, -0.05) is 6.92 Å². The smallest absolute Gasteiger partial charge is 0.337 e. The number of carboxylic acids is 1. The van der Waals surface area contributed by atoms with Crippen molar-refractivity contribution >= 4 is 16.9 Å². The quantitative estimate of drug-likeness (QED) is 0.856. The first-order valence-corrected chi connectivity index (χ1v) is 7.50. The minimum absolute atomic E-state index is 0.146. The zero-order valence-corrected chi connectivity index (χ0v) is 12.9. The lowest BCUT2D eigenvalue weighted by Crippen LogP contribution is -2.05. The molecule has 0 spiro atoms. The van der Waals surface area contributed by atoms with Gasteiger partial charge >= 0.3 is 5.97 Å². The second kappa shape index (κ2) is 6.31. The van der Waals surface area contributed by atoms with E-state index in [1.807, 2.05) is 17.7 Å². The molecule has 4 nitrogen and oxygen atoms in total. The van der Waals surface area contributed by atoms with E-state index in [4.69, 9.17) is 5.11 Å². The molecule has 0 amide bonds. The Balaban J connectivity index is 2.76. The van der Waals surface area contributed by atoms with E-state index in [-0.39, 0.29) is 12.6 Å². The summed E-state index contributed by atoms with van der Waals surface area (Å²) in [6.07, 6.45) is 4.30. The molecule has 21 heavy (non-hydrogen) atoms. The predicted molar refractivity (Wildman–Crippen MR) is 84.1 cm³/mol. The fourth-order valence-electron chi connectivity index (χ4n) is 2.76. The van der Waals surface area contributed by atoms with Crippen molar-refractivity contribution in [1.29, 1.82) is 0 Å². The predicted octanol–water partition coefficient (Wildman–Crippen LogP) is 3.41. The summed E-state index contributed by atoms with van der Waals surface area (Å²) in [6.45, 7) is 6.27. The molecule has 1 heterocycles. The van der Waals surface area contributed by atoms with Crippen LogP contribution in [0.4, 0.5) is 0 Å². The summed E-state index contributed by atoms with van der Waals surface area (Å²) in [7, 11) is 0. The molecule has 0 bridgehead atoms. The van der Waals surface area contributed by atoms with Gasteiger partial charge in [0.2, 0.25) is 0 Å². The molecule has 114 valence electrons. The van der Waals surface area contributed by atoms with E-state index in [0.29, 0.717) is 12.0 Å². The van der Waals surface area contributed by atoms with E-state index in [1.54, 1.807) is 6.07 Å². The molecule has 2 aromatic rings. The number of aliphatic hydroxyl groups excluding tert-OH is 1. The van der Waals surface area contributed by atoms with Gasteiger partial charge < -0.3 is 14.8 Å². The Morgan fingerprint density at radius 2 is 2.05 bits per heavy atom. The topological polar surface area (TPSA) is 62.5 Å². The highest BCUT2D eigenvalue weighted by molar-refractivity contribution is 6.04. The largest absolute Gasteiger partial charge is 0.478 e. The highest BCUT2D eigenvalue weighted by Crippen LogP contribution is 2.30. The van der Waals surface area contributed by atoms with E-state index in [1.165, 1.54) is 0 Å². The van der Waals surface area contributed by atoms with Crippen molar-refractivity contribution in [2.45, 2.75) is 46.1 Å². The van der Waals surface area contributed by atoms with Crippen molar-refractivity contribution in [2.24, 2.45) is 0 Å². The van der Waals surface area contributed by atoms with Gasteiger partial charge in [-0.3, -0.25) is 0 Å². The maximum absolute atomic E-state index is 11.6. The first-order chi connectivity index (χ1) is 9.99. The van der Waals surface area contributed by atoms with Gasteiger partial charge in [0, 0.05) is 24.2 Å². The number of aryl methyl sites for hydroxylation is 2. The number of aromatic nitrogens is 1. The number of hydrogen-bond donors (Lipinski definition) is 2. The summed E-state index contributed by atoms with van der Waals surface area (Å²) in [5.41, 5.74) is 3.31. The van der Waals surface area contributed by atoms with Crippen LogP contribution >= 0.6 is 0 Å². The molecule has 0 radical (unpaired) electrons. The average molecular weight is 289 g/mol. The normalized spacial score (nSPS) is 11.5.